The van der Waals surface area contributed by atoms with Crippen molar-refractivity contribution < 1.29 is 0 Å². The predicted octanol–water partition coefficient (Wildman–Crippen LogP) is 1.35. The first kappa shape index (κ1) is 6.90. The summed E-state index contributed by atoms with van der Waals surface area (Å²) in [5.41, 5.74) is 2.92. The highest BCUT2D eigenvalue weighted by Gasteiger charge is 2.56. The first-order valence-electron chi connectivity index (χ1n) is 4.46. The van der Waals surface area contributed by atoms with E-state index in [2.05, 4.69) is 22.8 Å². The van der Waals surface area contributed by atoms with E-state index in [9.17, 15) is 0 Å². The molecule has 0 aromatic carbocycles. The Labute approximate surface area is 76.1 Å². The lowest BCUT2D eigenvalue weighted by Crippen LogP contribution is -1.90. The van der Waals surface area contributed by atoms with Crippen LogP contribution in [0.1, 0.15) is 22.9 Å². The van der Waals surface area contributed by atoms with Gasteiger partial charge in [-0.15, -0.1) is 6.58 Å². The van der Waals surface area contributed by atoms with Gasteiger partial charge < -0.3 is 0 Å². The number of aromatic amines is 1. The Morgan fingerprint density at radius 3 is 3.23 bits per heavy atom. The Bertz CT molecular complexity index is 424. The third-order valence-electron chi connectivity index (χ3n) is 3.27. The molecule has 3 atom stereocenters. The number of aromatic nitrogens is 2. The van der Waals surface area contributed by atoms with Crippen LogP contribution >= 0.6 is 0 Å². The molecular weight excluding hydrogens is 162 g/mol. The average Bonchev–Trinajstić information content (AvgIpc) is 2.54. The van der Waals surface area contributed by atoms with E-state index >= 15 is 0 Å². The number of nitrogens with one attached hydrogen (secondary N) is 1. The van der Waals surface area contributed by atoms with E-state index < -0.39 is 0 Å². The summed E-state index contributed by atoms with van der Waals surface area (Å²) in [4.78, 5) is 0. The van der Waals surface area contributed by atoms with Crippen molar-refractivity contribution in [2.75, 3.05) is 0 Å². The Balaban J connectivity index is 2.06. The smallest absolute Gasteiger partial charge is 0.138 e. The maximum absolute atomic E-state index is 8.77. The molecule has 0 saturated heterocycles. The Kier molecular flexibility index (Phi) is 1.07. The van der Waals surface area contributed by atoms with Crippen LogP contribution < -0.4 is 0 Å². The van der Waals surface area contributed by atoms with Gasteiger partial charge in [0.1, 0.15) is 11.8 Å². The first-order chi connectivity index (χ1) is 6.36. The summed E-state index contributed by atoms with van der Waals surface area (Å²) in [5, 5.41) is 15.7. The van der Waals surface area contributed by atoms with Crippen LogP contribution in [0.2, 0.25) is 0 Å². The van der Waals surface area contributed by atoms with Crippen LogP contribution in [0, 0.1) is 23.2 Å². The molecule has 2 aliphatic carbocycles. The van der Waals surface area contributed by atoms with E-state index in [0.29, 0.717) is 23.4 Å². The molecule has 3 heteroatoms. The predicted molar refractivity (Wildman–Crippen MR) is 46.9 cm³/mol. The molecule has 0 spiro atoms. The molecule has 3 nitrogen and oxygen atoms in total. The first-order valence-corrected chi connectivity index (χ1v) is 4.46. The Morgan fingerprint density at radius 2 is 2.54 bits per heavy atom. The molecule has 0 aliphatic heterocycles. The second kappa shape index (κ2) is 2.02. The second-order valence-corrected chi connectivity index (χ2v) is 3.78. The highest BCUT2D eigenvalue weighted by atomic mass is 15.1. The van der Waals surface area contributed by atoms with E-state index in [1.807, 2.05) is 6.08 Å². The van der Waals surface area contributed by atoms with Gasteiger partial charge >= 0.3 is 0 Å². The topological polar surface area (TPSA) is 52.5 Å². The van der Waals surface area contributed by atoms with Gasteiger partial charge in [0.25, 0.3) is 0 Å². The van der Waals surface area contributed by atoms with Crippen molar-refractivity contribution in [2.45, 2.75) is 12.3 Å². The fraction of sp³-hybridized carbons (Fsp3) is 0.400. The number of fused-ring (bicyclic) bond motifs is 3. The average molecular weight is 171 g/mol. The van der Waals surface area contributed by atoms with E-state index in [4.69, 9.17) is 5.26 Å². The summed E-state index contributed by atoms with van der Waals surface area (Å²) < 4.78 is 0. The molecule has 1 aromatic rings. The third kappa shape index (κ3) is 0.665. The largest absolute Gasteiger partial charge is 0.267 e. The van der Waals surface area contributed by atoms with E-state index in [1.165, 1.54) is 0 Å². The minimum atomic E-state index is 0.561. The summed E-state index contributed by atoms with van der Waals surface area (Å²) in [6, 6.07) is 2.14. The molecule has 0 radical (unpaired) electrons. The van der Waals surface area contributed by atoms with Crippen molar-refractivity contribution in [3.63, 3.8) is 0 Å². The monoisotopic (exact) mass is 171 g/mol. The van der Waals surface area contributed by atoms with E-state index in [1.54, 1.807) is 0 Å². The van der Waals surface area contributed by atoms with Crippen LogP contribution in [0.25, 0.3) is 0 Å². The highest BCUT2D eigenvalue weighted by molar-refractivity contribution is 5.46. The normalized spacial score (nSPS) is 33.3. The summed E-state index contributed by atoms with van der Waals surface area (Å²) in [5.74, 6) is 1.87. The third-order valence-corrected chi connectivity index (χ3v) is 3.27. The molecule has 0 bridgehead atoms. The maximum atomic E-state index is 8.77. The van der Waals surface area contributed by atoms with Gasteiger partial charge in [0.2, 0.25) is 0 Å². The lowest BCUT2D eigenvalue weighted by atomic mass is 10.1. The number of hydrogen-bond acceptors (Lipinski definition) is 2. The van der Waals surface area contributed by atoms with Crippen molar-refractivity contribution in [3.05, 3.63) is 29.6 Å². The van der Waals surface area contributed by atoms with Crippen molar-refractivity contribution in [3.8, 4) is 6.07 Å². The second-order valence-electron chi connectivity index (χ2n) is 3.78. The van der Waals surface area contributed by atoms with Crippen molar-refractivity contribution in [1.29, 1.82) is 5.26 Å². The molecular formula is C10H9N3. The molecule has 1 aromatic heterocycles. The zero-order chi connectivity index (χ0) is 9.00. The Hall–Kier alpha value is -1.56. The fourth-order valence-corrected chi connectivity index (χ4v) is 2.56. The molecule has 13 heavy (non-hydrogen) atoms. The molecule has 0 unspecified atom stereocenters. The van der Waals surface area contributed by atoms with E-state index in [0.717, 1.165) is 17.7 Å². The number of nitrogens with zero attached hydrogens (tertiary/aromatic N) is 2. The van der Waals surface area contributed by atoms with Gasteiger partial charge in [0.15, 0.2) is 0 Å². The molecule has 64 valence electrons. The maximum Gasteiger partial charge on any atom is 0.138 e. The lowest BCUT2D eigenvalue weighted by molar-refractivity contribution is 0.796. The number of nitriles is 1. The highest BCUT2D eigenvalue weighted by Crippen LogP contribution is 2.61. The number of hydrogen-bond donors (Lipinski definition) is 1. The molecule has 3 rings (SSSR count). The van der Waals surface area contributed by atoms with Crippen LogP contribution in [0.5, 0.6) is 0 Å². The van der Waals surface area contributed by atoms with Gasteiger partial charge in [-0.3, -0.25) is 5.10 Å². The van der Waals surface area contributed by atoms with Crippen molar-refractivity contribution >= 4 is 0 Å². The number of H-pyrrole nitrogens is 1. The van der Waals surface area contributed by atoms with Crippen LogP contribution in [-0.4, -0.2) is 10.2 Å². The molecule has 1 N–H and O–H groups in total. The zero-order valence-electron chi connectivity index (χ0n) is 7.12. The van der Waals surface area contributed by atoms with E-state index in [-0.39, 0.29) is 0 Å². The number of allylic oxidation sites excluding steroid dienone is 1. The van der Waals surface area contributed by atoms with Crippen molar-refractivity contribution in [2.24, 2.45) is 11.8 Å². The molecule has 2 aliphatic rings. The quantitative estimate of drug-likeness (QED) is 0.648. The standard InChI is InChI=1S/C10H9N3/c1-2-5-6-3-7-8(4-11)12-13-10(7)9(5)6/h2,5-6,9H,1,3H2,(H,12,13)/t5-,6+,9-/m1/s1. The molecule has 1 fully saturated rings. The van der Waals surface area contributed by atoms with Gasteiger partial charge in [0, 0.05) is 11.5 Å². The van der Waals surface area contributed by atoms with Gasteiger partial charge in [0.05, 0.1) is 5.69 Å². The van der Waals surface area contributed by atoms with Crippen LogP contribution in [-0.2, 0) is 6.42 Å². The summed E-state index contributed by atoms with van der Waals surface area (Å²) >= 11 is 0. The summed E-state index contributed by atoms with van der Waals surface area (Å²) in [6.07, 6.45) is 3.02. The minimum absolute atomic E-state index is 0.561. The minimum Gasteiger partial charge on any atom is -0.267 e. The van der Waals surface area contributed by atoms with Gasteiger partial charge in [-0.1, -0.05) is 6.08 Å². The summed E-state index contributed by atoms with van der Waals surface area (Å²) in [6.45, 7) is 3.80. The fourth-order valence-electron chi connectivity index (χ4n) is 2.56. The summed E-state index contributed by atoms with van der Waals surface area (Å²) in [7, 11) is 0. The molecule has 0 amide bonds. The molecule has 1 saturated carbocycles. The number of rotatable bonds is 1. The van der Waals surface area contributed by atoms with Crippen LogP contribution in [0.4, 0.5) is 0 Å². The Morgan fingerprint density at radius 1 is 1.69 bits per heavy atom. The lowest BCUT2D eigenvalue weighted by Gasteiger charge is -1.95. The SMILES string of the molecule is C=C[C@@H]1[C@@H]2Cc3c(n[nH]c3C#N)[C@H]12. The van der Waals surface area contributed by atoms with Gasteiger partial charge in [-0.25, -0.2) is 0 Å². The van der Waals surface area contributed by atoms with Gasteiger partial charge in [-0.05, 0) is 18.3 Å². The van der Waals surface area contributed by atoms with Crippen LogP contribution in [0.15, 0.2) is 12.7 Å². The zero-order valence-corrected chi connectivity index (χ0v) is 7.12. The van der Waals surface area contributed by atoms with Gasteiger partial charge in [-0.2, -0.15) is 10.4 Å². The molecule has 1 heterocycles. The van der Waals surface area contributed by atoms with Crippen LogP contribution in [0.3, 0.4) is 0 Å². The van der Waals surface area contributed by atoms with Crippen molar-refractivity contribution in [1.82, 2.24) is 10.2 Å².